The fourth-order valence-electron chi connectivity index (χ4n) is 1.98. The summed E-state index contributed by atoms with van der Waals surface area (Å²) in [7, 11) is 0. The molecule has 2 nitrogen and oxygen atoms in total. The Kier molecular flexibility index (Phi) is 6.90. The molecule has 0 aromatic heterocycles. The van der Waals surface area contributed by atoms with Crippen molar-refractivity contribution in [2.75, 3.05) is 19.7 Å². The molecule has 0 spiro atoms. The third-order valence-electron chi connectivity index (χ3n) is 2.92. The largest absolute Gasteiger partial charge is 0.395 e. The van der Waals surface area contributed by atoms with Crippen molar-refractivity contribution < 1.29 is 5.11 Å². The monoisotopic (exact) mass is 235 g/mol. The zero-order valence-electron chi connectivity index (χ0n) is 11.1. The highest BCUT2D eigenvalue weighted by Crippen LogP contribution is 2.08. The van der Waals surface area contributed by atoms with Crippen LogP contribution in [0.4, 0.5) is 0 Å². The maximum atomic E-state index is 9.08. The number of hydrogen-bond acceptors (Lipinski definition) is 2. The van der Waals surface area contributed by atoms with Gasteiger partial charge in [-0.3, -0.25) is 4.90 Å². The quantitative estimate of drug-likeness (QED) is 0.749. The number of benzene rings is 1. The lowest BCUT2D eigenvalue weighted by molar-refractivity contribution is 0.186. The minimum atomic E-state index is 0.245. The highest BCUT2D eigenvalue weighted by atomic mass is 16.3. The van der Waals surface area contributed by atoms with Crippen molar-refractivity contribution in [1.29, 1.82) is 0 Å². The second-order valence-corrected chi connectivity index (χ2v) is 5.02. The molecule has 0 saturated carbocycles. The van der Waals surface area contributed by atoms with Gasteiger partial charge in [0.15, 0.2) is 0 Å². The van der Waals surface area contributed by atoms with Gasteiger partial charge < -0.3 is 5.11 Å². The molecule has 0 fully saturated rings. The molecule has 96 valence electrons. The molecule has 1 aromatic rings. The zero-order valence-corrected chi connectivity index (χ0v) is 11.1. The molecule has 0 aliphatic heterocycles. The van der Waals surface area contributed by atoms with E-state index in [1.165, 1.54) is 18.4 Å². The molecule has 0 heterocycles. The van der Waals surface area contributed by atoms with Crippen molar-refractivity contribution >= 4 is 0 Å². The van der Waals surface area contributed by atoms with Gasteiger partial charge in [0.2, 0.25) is 0 Å². The fourth-order valence-corrected chi connectivity index (χ4v) is 1.98. The van der Waals surface area contributed by atoms with Gasteiger partial charge in [0, 0.05) is 13.1 Å². The molecule has 0 radical (unpaired) electrons. The molecular weight excluding hydrogens is 210 g/mol. The normalized spacial score (nSPS) is 11.4. The molecular formula is C15H25NO. The molecule has 0 aliphatic carbocycles. The van der Waals surface area contributed by atoms with Crippen molar-refractivity contribution in [2.45, 2.75) is 33.2 Å². The van der Waals surface area contributed by atoms with Crippen molar-refractivity contribution in [2.24, 2.45) is 5.92 Å². The van der Waals surface area contributed by atoms with Crippen LogP contribution in [-0.2, 0) is 6.54 Å². The van der Waals surface area contributed by atoms with Gasteiger partial charge in [0.1, 0.15) is 0 Å². The van der Waals surface area contributed by atoms with Crippen LogP contribution in [0.5, 0.6) is 0 Å². The standard InChI is InChI=1S/C15H25NO/c1-14(2)7-6-10-16(11-12-17)13-15-8-4-3-5-9-15/h3-5,8-9,14,17H,6-7,10-13H2,1-2H3. The Morgan fingerprint density at radius 2 is 1.82 bits per heavy atom. The van der Waals surface area contributed by atoms with Crippen LogP contribution in [-0.4, -0.2) is 29.7 Å². The number of nitrogens with zero attached hydrogens (tertiary/aromatic N) is 1. The Morgan fingerprint density at radius 1 is 1.12 bits per heavy atom. The van der Waals surface area contributed by atoms with E-state index in [9.17, 15) is 0 Å². The molecule has 1 aromatic carbocycles. The molecule has 0 aliphatic rings. The summed E-state index contributed by atoms with van der Waals surface area (Å²) in [6, 6.07) is 10.5. The van der Waals surface area contributed by atoms with E-state index < -0.39 is 0 Å². The number of aliphatic hydroxyl groups is 1. The van der Waals surface area contributed by atoms with Crippen molar-refractivity contribution in [3.8, 4) is 0 Å². The van der Waals surface area contributed by atoms with Crippen molar-refractivity contribution in [1.82, 2.24) is 4.90 Å². The summed E-state index contributed by atoms with van der Waals surface area (Å²) in [5.41, 5.74) is 1.32. The second-order valence-electron chi connectivity index (χ2n) is 5.02. The lowest BCUT2D eigenvalue weighted by atomic mass is 10.1. The van der Waals surface area contributed by atoms with Gasteiger partial charge in [-0.2, -0.15) is 0 Å². The van der Waals surface area contributed by atoms with Gasteiger partial charge in [-0.25, -0.2) is 0 Å². The van der Waals surface area contributed by atoms with E-state index in [1.54, 1.807) is 0 Å². The molecule has 0 saturated heterocycles. The Balaban J connectivity index is 2.37. The van der Waals surface area contributed by atoms with Crippen LogP contribution in [0.3, 0.4) is 0 Å². The first-order valence-electron chi connectivity index (χ1n) is 6.59. The Labute approximate surface area is 105 Å². The SMILES string of the molecule is CC(C)CCCN(CCO)Cc1ccccc1. The number of aliphatic hydroxyl groups excluding tert-OH is 1. The topological polar surface area (TPSA) is 23.5 Å². The summed E-state index contributed by atoms with van der Waals surface area (Å²) in [5.74, 6) is 0.766. The van der Waals surface area contributed by atoms with E-state index in [1.807, 2.05) is 6.07 Å². The smallest absolute Gasteiger partial charge is 0.0558 e. The first-order chi connectivity index (χ1) is 8.22. The number of hydrogen-bond donors (Lipinski definition) is 1. The Bertz CT molecular complexity index is 284. The van der Waals surface area contributed by atoms with E-state index in [0.717, 1.165) is 25.6 Å². The summed E-state index contributed by atoms with van der Waals surface area (Å²) in [4.78, 5) is 2.33. The first kappa shape index (κ1) is 14.2. The van der Waals surface area contributed by atoms with E-state index in [0.29, 0.717) is 0 Å². The van der Waals surface area contributed by atoms with Gasteiger partial charge in [0.25, 0.3) is 0 Å². The molecule has 2 heteroatoms. The lowest BCUT2D eigenvalue weighted by Crippen LogP contribution is -2.27. The lowest BCUT2D eigenvalue weighted by Gasteiger charge is -2.21. The van der Waals surface area contributed by atoms with E-state index in [4.69, 9.17) is 5.11 Å². The molecule has 1 N–H and O–H groups in total. The first-order valence-corrected chi connectivity index (χ1v) is 6.59. The van der Waals surface area contributed by atoms with Crippen LogP contribution in [0.2, 0.25) is 0 Å². The van der Waals surface area contributed by atoms with Gasteiger partial charge in [-0.05, 0) is 30.9 Å². The maximum absolute atomic E-state index is 9.08. The van der Waals surface area contributed by atoms with Crippen LogP contribution in [0.25, 0.3) is 0 Å². The summed E-state index contributed by atoms with van der Waals surface area (Å²) in [6.45, 7) is 7.55. The molecule has 0 bridgehead atoms. The Hall–Kier alpha value is -0.860. The highest BCUT2D eigenvalue weighted by Gasteiger charge is 2.05. The van der Waals surface area contributed by atoms with Crippen molar-refractivity contribution in [3.63, 3.8) is 0 Å². The minimum absolute atomic E-state index is 0.245. The fraction of sp³-hybridized carbons (Fsp3) is 0.600. The predicted molar refractivity (Wildman–Crippen MR) is 72.9 cm³/mol. The average molecular weight is 235 g/mol. The summed E-state index contributed by atoms with van der Waals surface area (Å²) in [5, 5.41) is 9.08. The second kappa shape index (κ2) is 8.26. The highest BCUT2D eigenvalue weighted by molar-refractivity contribution is 5.14. The van der Waals surface area contributed by atoms with Crippen molar-refractivity contribution in [3.05, 3.63) is 35.9 Å². The van der Waals surface area contributed by atoms with Crippen LogP contribution in [0, 0.1) is 5.92 Å². The van der Waals surface area contributed by atoms with E-state index in [2.05, 4.69) is 43.0 Å². The molecule has 0 unspecified atom stereocenters. The molecule has 1 rings (SSSR count). The minimum Gasteiger partial charge on any atom is -0.395 e. The van der Waals surface area contributed by atoms with Gasteiger partial charge in [-0.15, -0.1) is 0 Å². The van der Waals surface area contributed by atoms with Crippen LogP contribution in [0.1, 0.15) is 32.3 Å². The van der Waals surface area contributed by atoms with E-state index in [-0.39, 0.29) is 6.61 Å². The molecule has 0 atom stereocenters. The average Bonchev–Trinajstić information content (AvgIpc) is 2.30. The number of rotatable bonds is 8. The predicted octanol–water partition coefficient (Wildman–Crippen LogP) is 2.92. The van der Waals surface area contributed by atoms with E-state index >= 15 is 0 Å². The molecule has 17 heavy (non-hydrogen) atoms. The Morgan fingerprint density at radius 3 is 2.41 bits per heavy atom. The van der Waals surface area contributed by atoms with Crippen LogP contribution in [0.15, 0.2) is 30.3 Å². The van der Waals surface area contributed by atoms with Gasteiger partial charge in [0.05, 0.1) is 6.61 Å². The van der Waals surface area contributed by atoms with Crippen LogP contribution >= 0.6 is 0 Å². The van der Waals surface area contributed by atoms with Crippen LogP contribution < -0.4 is 0 Å². The zero-order chi connectivity index (χ0) is 12.5. The summed E-state index contributed by atoms with van der Waals surface area (Å²) in [6.07, 6.45) is 2.47. The summed E-state index contributed by atoms with van der Waals surface area (Å²) >= 11 is 0. The molecule has 0 amide bonds. The third kappa shape index (κ3) is 6.44. The third-order valence-corrected chi connectivity index (χ3v) is 2.92. The van der Waals surface area contributed by atoms with Gasteiger partial charge in [-0.1, -0.05) is 44.2 Å². The van der Waals surface area contributed by atoms with Gasteiger partial charge >= 0.3 is 0 Å². The summed E-state index contributed by atoms with van der Waals surface area (Å²) < 4.78 is 0. The maximum Gasteiger partial charge on any atom is 0.0558 e.